The quantitative estimate of drug-likeness (QED) is 0.0723. The van der Waals surface area contributed by atoms with Crippen molar-refractivity contribution in [2.45, 2.75) is 137 Å². The first-order chi connectivity index (χ1) is 25.7. The molecule has 4 aliphatic rings. The summed E-state index contributed by atoms with van der Waals surface area (Å²) in [4.78, 5) is 24.1. The number of aliphatic hydroxyl groups excluding tert-OH is 11. The van der Waals surface area contributed by atoms with Crippen LogP contribution in [-0.2, 0) is 57.3 Å². The SMILES string of the molecule is CC(=O)N[C@H]1[C@H](OC[C@H]2OC(O)[C@H](NC(C)=O)[C@@H](O[C@@H]3O[C@H](CO)[C@H](O)[C@H](O)[C@H]3O)[C@H]2O)O[C@H](CO)[C@@H](O[C@@H]2O[C@H](CO)[C@H](OS(=O)(=O)O)[C@H](O)[C@H]2O)[C@@H]1O. The molecule has 27 heteroatoms. The fraction of sp³-hybridized carbons (Fsp3) is 0.929. The molecule has 0 spiro atoms. The third kappa shape index (κ3) is 10.8. The van der Waals surface area contributed by atoms with Crippen molar-refractivity contribution >= 4 is 22.2 Å². The Morgan fingerprint density at radius 1 is 0.564 bits per heavy atom. The van der Waals surface area contributed by atoms with Crippen LogP contribution in [0.3, 0.4) is 0 Å². The van der Waals surface area contributed by atoms with Gasteiger partial charge in [0.2, 0.25) is 11.8 Å². The molecule has 0 aromatic carbocycles. The highest BCUT2D eigenvalue weighted by Crippen LogP contribution is 2.33. The van der Waals surface area contributed by atoms with E-state index in [9.17, 15) is 74.2 Å². The average Bonchev–Trinajstić information content (AvgIpc) is 3.11. The van der Waals surface area contributed by atoms with Gasteiger partial charge >= 0.3 is 10.4 Å². The first-order valence-corrected chi connectivity index (χ1v) is 18.1. The maximum absolute atomic E-state index is 12.2. The van der Waals surface area contributed by atoms with Gasteiger partial charge in [-0.2, -0.15) is 8.42 Å². The summed E-state index contributed by atoms with van der Waals surface area (Å²) in [6.45, 7) is -1.48. The highest BCUT2D eigenvalue weighted by atomic mass is 32.3. The molecule has 0 saturated carbocycles. The Kier molecular flexibility index (Phi) is 16.0. The van der Waals surface area contributed by atoms with Crippen LogP contribution in [-0.4, -0.2) is 230 Å². The number of carbonyl (C=O) groups is 2. The number of rotatable bonds is 14. The molecule has 0 aromatic rings. The largest absolute Gasteiger partial charge is 0.397 e. The number of nitrogens with one attached hydrogen (secondary N) is 2. The summed E-state index contributed by atoms with van der Waals surface area (Å²) in [5.74, 6) is -1.50. The first kappa shape index (κ1) is 45.8. The molecular weight excluding hydrogens is 780 g/mol. The predicted molar refractivity (Wildman–Crippen MR) is 167 cm³/mol. The summed E-state index contributed by atoms with van der Waals surface area (Å²) in [6, 6.07) is -3.15. The molecule has 2 amide bonds. The van der Waals surface area contributed by atoms with E-state index in [1.165, 1.54) is 0 Å². The highest BCUT2D eigenvalue weighted by Gasteiger charge is 2.54. The van der Waals surface area contributed by atoms with Gasteiger partial charge < -0.3 is 100.0 Å². The number of carbonyl (C=O) groups excluding carboxylic acids is 2. The van der Waals surface area contributed by atoms with E-state index in [2.05, 4.69) is 14.8 Å². The zero-order valence-electron chi connectivity index (χ0n) is 29.0. The monoisotopic (exact) mass is 828 g/mol. The molecule has 0 aromatic heterocycles. The fourth-order valence-electron chi connectivity index (χ4n) is 6.49. The van der Waals surface area contributed by atoms with Crippen LogP contribution in [0.4, 0.5) is 0 Å². The molecular formula is C28H48N2O24S. The Labute approximate surface area is 311 Å². The number of hydrogen-bond acceptors (Lipinski definition) is 23. The van der Waals surface area contributed by atoms with Crippen LogP contribution in [0.2, 0.25) is 0 Å². The van der Waals surface area contributed by atoms with Crippen molar-refractivity contribution in [1.29, 1.82) is 0 Å². The number of hydrogen-bond donors (Lipinski definition) is 14. The van der Waals surface area contributed by atoms with Crippen molar-refractivity contribution in [3.05, 3.63) is 0 Å². The minimum absolute atomic E-state index is 0.731. The van der Waals surface area contributed by atoms with E-state index in [1.807, 2.05) is 0 Å². The molecule has 4 rings (SSSR count). The van der Waals surface area contributed by atoms with Crippen molar-refractivity contribution < 1.29 is 116 Å². The molecule has 26 nitrogen and oxygen atoms in total. The molecule has 0 bridgehead atoms. The average molecular weight is 829 g/mol. The van der Waals surface area contributed by atoms with Gasteiger partial charge in [-0.25, -0.2) is 4.18 Å². The van der Waals surface area contributed by atoms with Crippen LogP contribution in [0.25, 0.3) is 0 Å². The van der Waals surface area contributed by atoms with E-state index < -0.39 is 171 Å². The Hall–Kier alpha value is -1.91. The van der Waals surface area contributed by atoms with Crippen LogP contribution in [0.1, 0.15) is 13.8 Å². The smallest absolute Gasteiger partial charge is 0.394 e. The molecule has 55 heavy (non-hydrogen) atoms. The van der Waals surface area contributed by atoms with Crippen molar-refractivity contribution in [2.75, 3.05) is 26.4 Å². The maximum Gasteiger partial charge on any atom is 0.397 e. The molecule has 0 aliphatic carbocycles. The molecule has 4 fully saturated rings. The van der Waals surface area contributed by atoms with Gasteiger partial charge in [0.15, 0.2) is 25.2 Å². The first-order valence-electron chi connectivity index (χ1n) is 16.7. The lowest BCUT2D eigenvalue weighted by atomic mass is 9.94. The van der Waals surface area contributed by atoms with Crippen molar-refractivity contribution in [2.24, 2.45) is 0 Å². The van der Waals surface area contributed by atoms with E-state index in [1.54, 1.807) is 0 Å². The van der Waals surface area contributed by atoms with Gasteiger partial charge in [0.05, 0.1) is 26.4 Å². The summed E-state index contributed by atoms with van der Waals surface area (Å²) < 4.78 is 74.7. The number of amides is 2. The third-order valence-electron chi connectivity index (χ3n) is 9.19. The van der Waals surface area contributed by atoms with Crippen LogP contribution in [0.15, 0.2) is 0 Å². The van der Waals surface area contributed by atoms with Gasteiger partial charge in [-0.05, 0) is 0 Å². The second-order valence-electron chi connectivity index (χ2n) is 13.2. The Balaban J connectivity index is 1.51. The topological polar surface area (TPSA) is 409 Å². The number of ether oxygens (including phenoxy) is 7. The Bertz CT molecular complexity index is 1380. The Morgan fingerprint density at radius 2 is 1.05 bits per heavy atom. The fourth-order valence-corrected chi connectivity index (χ4v) is 7.01. The maximum atomic E-state index is 12.2. The summed E-state index contributed by atoms with van der Waals surface area (Å²) in [5.41, 5.74) is 0. The van der Waals surface area contributed by atoms with E-state index in [-0.39, 0.29) is 0 Å². The molecule has 20 atom stereocenters. The minimum Gasteiger partial charge on any atom is -0.394 e. The molecule has 4 aliphatic heterocycles. The second kappa shape index (κ2) is 19.2. The summed E-state index contributed by atoms with van der Waals surface area (Å²) >= 11 is 0. The second-order valence-corrected chi connectivity index (χ2v) is 14.2. The molecule has 4 heterocycles. The zero-order valence-corrected chi connectivity index (χ0v) is 29.9. The summed E-state index contributed by atoms with van der Waals surface area (Å²) in [6.07, 6.45) is -33.1. The lowest BCUT2D eigenvalue weighted by Crippen LogP contribution is -2.69. The van der Waals surface area contributed by atoms with E-state index >= 15 is 0 Å². The zero-order chi connectivity index (χ0) is 41.1. The summed E-state index contributed by atoms with van der Waals surface area (Å²) in [7, 11) is -5.22. The molecule has 0 radical (unpaired) electrons. The lowest BCUT2D eigenvalue weighted by Gasteiger charge is -2.48. The van der Waals surface area contributed by atoms with Crippen molar-refractivity contribution in [1.82, 2.24) is 10.6 Å². The normalized spacial score (nSPS) is 45.5. The van der Waals surface area contributed by atoms with Crippen molar-refractivity contribution in [3.63, 3.8) is 0 Å². The third-order valence-corrected chi connectivity index (χ3v) is 9.66. The standard InChI is InChI=1S/C28H48N2O24S/c1-7(34)29-13-17(38)22(52-28-21(42)19(40)23(11(5-33)51-28)54-55(44,45)46)10(4-32)50-26(13)47-6-12-16(37)24(14(25(43)48-12)30-8(2)35)53-27-20(41)18(39)15(36)9(3-31)49-27/h9-28,31-33,36-43H,3-6H2,1-2H3,(H,29,34)(H,30,35)(H,44,45,46)/t9-,10-,11-,12-,13-,14-,15+,16+,17-,18+,19-,20-,21-,22-,23+,24-,25?,26-,27+,28+/m1/s1. The molecule has 320 valence electrons. The Morgan fingerprint density at radius 3 is 1.60 bits per heavy atom. The van der Waals surface area contributed by atoms with Crippen LogP contribution >= 0.6 is 0 Å². The van der Waals surface area contributed by atoms with Gasteiger partial charge in [-0.15, -0.1) is 0 Å². The van der Waals surface area contributed by atoms with Crippen molar-refractivity contribution in [3.8, 4) is 0 Å². The van der Waals surface area contributed by atoms with Crippen LogP contribution in [0, 0.1) is 0 Å². The van der Waals surface area contributed by atoms with Gasteiger partial charge in [0, 0.05) is 13.8 Å². The predicted octanol–water partition coefficient (Wildman–Crippen LogP) is -9.63. The highest BCUT2D eigenvalue weighted by molar-refractivity contribution is 7.80. The van der Waals surface area contributed by atoms with E-state index in [4.69, 9.17) is 37.7 Å². The van der Waals surface area contributed by atoms with Gasteiger partial charge in [0.25, 0.3) is 0 Å². The molecule has 1 unspecified atom stereocenters. The van der Waals surface area contributed by atoms with E-state index in [0.717, 1.165) is 13.8 Å². The molecule has 4 saturated heterocycles. The summed E-state index contributed by atoms with van der Waals surface area (Å²) in [5, 5.41) is 120. The number of aliphatic hydroxyl groups is 11. The molecule has 14 N–H and O–H groups in total. The lowest BCUT2D eigenvalue weighted by molar-refractivity contribution is -0.355. The van der Waals surface area contributed by atoms with Crippen LogP contribution in [0.5, 0.6) is 0 Å². The minimum atomic E-state index is -5.22. The van der Waals surface area contributed by atoms with E-state index in [0.29, 0.717) is 0 Å². The van der Waals surface area contributed by atoms with Gasteiger partial charge in [-0.1, -0.05) is 0 Å². The van der Waals surface area contributed by atoms with Gasteiger partial charge in [-0.3, -0.25) is 14.1 Å². The van der Waals surface area contributed by atoms with Gasteiger partial charge in [0.1, 0.15) is 97.5 Å². The van der Waals surface area contributed by atoms with Crippen LogP contribution < -0.4 is 10.6 Å².